The van der Waals surface area contributed by atoms with Crippen LogP contribution in [0.15, 0.2) is 0 Å². The molecule has 10 heavy (non-hydrogen) atoms. The van der Waals surface area contributed by atoms with Crippen molar-refractivity contribution in [3.05, 3.63) is 0 Å². The third kappa shape index (κ3) is 1.98. The van der Waals surface area contributed by atoms with Gasteiger partial charge in [0.25, 0.3) is 0 Å². The van der Waals surface area contributed by atoms with Gasteiger partial charge in [-0.2, -0.15) is 0 Å². The van der Waals surface area contributed by atoms with Crippen LogP contribution in [0.2, 0.25) is 0 Å². The molecule has 1 rings (SSSR count). The highest BCUT2D eigenvalue weighted by Gasteiger charge is 2.26. The standard InChI is InChI=1S/C9H19N/c1-3-4-5-9(2)6-7-10-8-9/h10H,3-8H2,1-2H3. The summed E-state index contributed by atoms with van der Waals surface area (Å²) in [6.07, 6.45) is 5.54. The van der Waals surface area contributed by atoms with Gasteiger partial charge in [-0.25, -0.2) is 0 Å². The molecule has 0 aromatic heterocycles. The van der Waals surface area contributed by atoms with E-state index in [1.54, 1.807) is 0 Å². The van der Waals surface area contributed by atoms with Crippen molar-refractivity contribution in [2.75, 3.05) is 13.1 Å². The van der Waals surface area contributed by atoms with E-state index in [4.69, 9.17) is 0 Å². The molecule has 0 aromatic carbocycles. The molecule has 0 bridgehead atoms. The Morgan fingerprint density at radius 3 is 2.80 bits per heavy atom. The summed E-state index contributed by atoms with van der Waals surface area (Å²) in [5, 5.41) is 3.42. The van der Waals surface area contributed by atoms with E-state index in [0.717, 1.165) is 0 Å². The maximum absolute atomic E-state index is 3.42. The average molecular weight is 141 g/mol. The molecule has 0 spiro atoms. The molecule has 60 valence electrons. The maximum atomic E-state index is 3.42. The molecule has 0 aromatic rings. The lowest BCUT2D eigenvalue weighted by Gasteiger charge is -2.21. The minimum Gasteiger partial charge on any atom is -0.316 e. The number of hydrogen-bond acceptors (Lipinski definition) is 1. The Morgan fingerprint density at radius 2 is 2.30 bits per heavy atom. The maximum Gasteiger partial charge on any atom is 0.000564 e. The first kappa shape index (κ1) is 8.06. The molecule has 1 unspecified atom stereocenters. The van der Waals surface area contributed by atoms with E-state index in [1.165, 1.54) is 38.8 Å². The van der Waals surface area contributed by atoms with Crippen LogP contribution in [0.25, 0.3) is 0 Å². The molecule has 0 amide bonds. The average Bonchev–Trinajstić information content (AvgIpc) is 2.33. The first-order valence-corrected chi connectivity index (χ1v) is 4.47. The number of unbranched alkanes of at least 4 members (excludes halogenated alkanes) is 1. The number of hydrogen-bond donors (Lipinski definition) is 1. The second-order valence-electron chi connectivity index (χ2n) is 3.84. The molecule has 0 aliphatic carbocycles. The largest absolute Gasteiger partial charge is 0.316 e. The summed E-state index contributed by atoms with van der Waals surface area (Å²) in [5.41, 5.74) is 0.635. The first-order valence-electron chi connectivity index (χ1n) is 4.47. The van der Waals surface area contributed by atoms with E-state index < -0.39 is 0 Å². The fourth-order valence-electron chi connectivity index (χ4n) is 1.69. The van der Waals surface area contributed by atoms with E-state index in [-0.39, 0.29) is 0 Å². The molecule has 1 aliphatic rings. The van der Waals surface area contributed by atoms with Crippen molar-refractivity contribution in [1.29, 1.82) is 0 Å². The third-order valence-electron chi connectivity index (χ3n) is 2.59. The van der Waals surface area contributed by atoms with Gasteiger partial charge in [-0.3, -0.25) is 0 Å². The Hall–Kier alpha value is -0.0400. The van der Waals surface area contributed by atoms with E-state index in [2.05, 4.69) is 19.2 Å². The van der Waals surface area contributed by atoms with Crippen molar-refractivity contribution in [3.8, 4) is 0 Å². The van der Waals surface area contributed by atoms with Crippen LogP contribution in [0, 0.1) is 5.41 Å². The van der Waals surface area contributed by atoms with E-state index >= 15 is 0 Å². The van der Waals surface area contributed by atoms with Gasteiger partial charge in [-0.05, 0) is 24.8 Å². The molecule has 0 radical (unpaired) electrons. The normalized spacial score (nSPS) is 33.0. The van der Waals surface area contributed by atoms with Crippen LogP contribution in [0.1, 0.15) is 39.5 Å². The van der Waals surface area contributed by atoms with Crippen LogP contribution < -0.4 is 5.32 Å². The van der Waals surface area contributed by atoms with E-state index in [0.29, 0.717) is 5.41 Å². The van der Waals surface area contributed by atoms with Crippen LogP contribution in [-0.2, 0) is 0 Å². The summed E-state index contributed by atoms with van der Waals surface area (Å²) >= 11 is 0. The number of rotatable bonds is 3. The van der Waals surface area contributed by atoms with Gasteiger partial charge < -0.3 is 5.32 Å². The predicted molar refractivity (Wildman–Crippen MR) is 45.1 cm³/mol. The zero-order valence-electron chi connectivity index (χ0n) is 7.24. The minimum absolute atomic E-state index is 0.635. The fraction of sp³-hybridized carbons (Fsp3) is 1.00. The smallest absolute Gasteiger partial charge is 0.000564 e. The Balaban J connectivity index is 2.22. The molecule has 1 atom stereocenters. The molecule has 1 saturated heterocycles. The Labute approximate surface area is 64.2 Å². The van der Waals surface area contributed by atoms with Crippen LogP contribution in [0.3, 0.4) is 0 Å². The summed E-state index contributed by atoms with van der Waals surface area (Å²) in [4.78, 5) is 0. The van der Waals surface area contributed by atoms with Crippen LogP contribution >= 0.6 is 0 Å². The third-order valence-corrected chi connectivity index (χ3v) is 2.59. The highest BCUT2D eigenvalue weighted by molar-refractivity contribution is 4.83. The van der Waals surface area contributed by atoms with Gasteiger partial charge in [0.1, 0.15) is 0 Å². The second kappa shape index (κ2) is 3.38. The zero-order valence-corrected chi connectivity index (χ0v) is 7.24. The van der Waals surface area contributed by atoms with Gasteiger partial charge in [-0.1, -0.05) is 26.7 Å². The first-order chi connectivity index (χ1) is 4.77. The predicted octanol–water partition coefficient (Wildman–Crippen LogP) is 2.18. The van der Waals surface area contributed by atoms with Crippen LogP contribution in [-0.4, -0.2) is 13.1 Å². The molecular weight excluding hydrogens is 122 g/mol. The SMILES string of the molecule is CCCCC1(C)CCNC1. The summed E-state index contributed by atoms with van der Waals surface area (Å²) in [6, 6.07) is 0. The van der Waals surface area contributed by atoms with E-state index in [9.17, 15) is 0 Å². The molecule has 1 aliphatic heterocycles. The monoisotopic (exact) mass is 141 g/mol. The zero-order chi connectivity index (χ0) is 7.45. The molecule has 1 N–H and O–H groups in total. The summed E-state index contributed by atoms with van der Waals surface area (Å²) in [6.45, 7) is 7.15. The highest BCUT2D eigenvalue weighted by Crippen LogP contribution is 2.30. The number of nitrogens with one attached hydrogen (secondary N) is 1. The molecular formula is C9H19N. The van der Waals surface area contributed by atoms with Crippen molar-refractivity contribution < 1.29 is 0 Å². The molecule has 1 heterocycles. The van der Waals surface area contributed by atoms with Gasteiger partial charge >= 0.3 is 0 Å². The van der Waals surface area contributed by atoms with Crippen molar-refractivity contribution in [3.63, 3.8) is 0 Å². The Morgan fingerprint density at radius 1 is 1.50 bits per heavy atom. The molecule has 0 saturated carbocycles. The lowest BCUT2D eigenvalue weighted by Crippen LogP contribution is -2.19. The Bertz CT molecular complexity index is 92.9. The highest BCUT2D eigenvalue weighted by atomic mass is 14.9. The van der Waals surface area contributed by atoms with Crippen LogP contribution in [0.5, 0.6) is 0 Å². The lowest BCUT2D eigenvalue weighted by molar-refractivity contribution is 0.323. The topological polar surface area (TPSA) is 12.0 Å². The molecule has 1 nitrogen and oxygen atoms in total. The van der Waals surface area contributed by atoms with Gasteiger partial charge in [0.05, 0.1) is 0 Å². The summed E-state index contributed by atoms with van der Waals surface area (Å²) in [5.74, 6) is 0. The summed E-state index contributed by atoms with van der Waals surface area (Å²) in [7, 11) is 0. The van der Waals surface area contributed by atoms with Crippen LogP contribution in [0.4, 0.5) is 0 Å². The minimum atomic E-state index is 0.635. The van der Waals surface area contributed by atoms with Gasteiger partial charge in [0.2, 0.25) is 0 Å². The van der Waals surface area contributed by atoms with Gasteiger partial charge in [0, 0.05) is 6.54 Å². The van der Waals surface area contributed by atoms with E-state index in [1.807, 2.05) is 0 Å². The van der Waals surface area contributed by atoms with Gasteiger partial charge in [0.15, 0.2) is 0 Å². The van der Waals surface area contributed by atoms with Crippen molar-refractivity contribution in [1.82, 2.24) is 5.32 Å². The quantitative estimate of drug-likeness (QED) is 0.635. The molecule has 1 fully saturated rings. The Kier molecular flexibility index (Phi) is 2.72. The second-order valence-corrected chi connectivity index (χ2v) is 3.84. The van der Waals surface area contributed by atoms with Crippen molar-refractivity contribution in [2.45, 2.75) is 39.5 Å². The molecule has 1 heteroatoms. The van der Waals surface area contributed by atoms with Gasteiger partial charge in [-0.15, -0.1) is 0 Å². The summed E-state index contributed by atoms with van der Waals surface area (Å²) < 4.78 is 0. The van der Waals surface area contributed by atoms with Crippen molar-refractivity contribution >= 4 is 0 Å². The lowest BCUT2D eigenvalue weighted by atomic mass is 9.84. The van der Waals surface area contributed by atoms with Crippen molar-refractivity contribution in [2.24, 2.45) is 5.41 Å². The fourth-order valence-corrected chi connectivity index (χ4v) is 1.69.